The molecule has 0 radical (unpaired) electrons. The van der Waals surface area contributed by atoms with Gasteiger partial charge in [0.2, 0.25) is 0 Å². The summed E-state index contributed by atoms with van der Waals surface area (Å²) in [4.78, 5) is 20.6. The van der Waals surface area contributed by atoms with Crippen molar-refractivity contribution in [1.82, 2.24) is 19.7 Å². The molecule has 0 N–H and O–H groups in total. The Morgan fingerprint density at radius 2 is 2.26 bits per heavy atom. The van der Waals surface area contributed by atoms with Crippen LogP contribution < -0.4 is 0 Å². The molecule has 1 aliphatic carbocycles. The first-order valence-electron chi connectivity index (χ1n) is 7.69. The average molecular weight is 327 g/mol. The second-order valence-corrected chi connectivity index (χ2v) is 6.13. The number of pyridine rings is 2. The third kappa shape index (κ3) is 2.32. The fourth-order valence-electron chi connectivity index (χ4n) is 3.01. The van der Waals surface area contributed by atoms with Crippen LogP contribution in [0.4, 0.5) is 0 Å². The second-order valence-electron chi connectivity index (χ2n) is 5.74. The van der Waals surface area contributed by atoms with Crippen molar-refractivity contribution in [3.05, 3.63) is 40.9 Å². The molecule has 5 nitrogen and oxygen atoms in total. The van der Waals surface area contributed by atoms with Gasteiger partial charge in [0, 0.05) is 35.2 Å². The quantitative estimate of drug-likeness (QED) is 0.539. The van der Waals surface area contributed by atoms with Crippen LogP contribution in [-0.4, -0.2) is 26.0 Å². The highest BCUT2D eigenvalue weighted by Gasteiger charge is 2.31. The molecule has 4 rings (SSSR count). The van der Waals surface area contributed by atoms with E-state index in [0.717, 1.165) is 53.5 Å². The summed E-state index contributed by atoms with van der Waals surface area (Å²) in [6.07, 6.45) is 6.50. The average Bonchev–Trinajstić information content (AvgIpc) is 3.33. The third-order valence-corrected chi connectivity index (χ3v) is 4.46. The summed E-state index contributed by atoms with van der Waals surface area (Å²) in [5.74, 6) is 0.371. The van der Waals surface area contributed by atoms with E-state index in [9.17, 15) is 4.79 Å². The summed E-state index contributed by atoms with van der Waals surface area (Å²) in [5.41, 5.74) is 4.08. The van der Waals surface area contributed by atoms with Crippen LogP contribution in [0.1, 0.15) is 41.7 Å². The molecule has 1 fully saturated rings. The predicted octanol–water partition coefficient (Wildman–Crippen LogP) is 3.86. The smallest absolute Gasteiger partial charge is 0.158 e. The minimum Gasteiger partial charge on any atom is -0.298 e. The van der Waals surface area contributed by atoms with E-state index in [0.29, 0.717) is 16.6 Å². The lowest BCUT2D eigenvalue weighted by Crippen LogP contribution is -2.04. The molecule has 3 aromatic heterocycles. The SMILES string of the molecule is CCn1ncc2c(-c3ccnc(Cl)c3)c(C=O)c(C3CC3)nc21. The number of aromatic nitrogens is 4. The van der Waals surface area contributed by atoms with E-state index in [1.165, 1.54) is 0 Å². The number of hydrogen-bond donors (Lipinski definition) is 0. The topological polar surface area (TPSA) is 60.7 Å². The summed E-state index contributed by atoms with van der Waals surface area (Å²) in [5, 5.41) is 5.69. The van der Waals surface area contributed by atoms with Gasteiger partial charge in [0.15, 0.2) is 11.9 Å². The molecule has 6 heteroatoms. The molecule has 0 saturated heterocycles. The Morgan fingerprint density at radius 1 is 1.43 bits per heavy atom. The van der Waals surface area contributed by atoms with E-state index in [1.54, 1.807) is 18.5 Å². The van der Waals surface area contributed by atoms with Crippen molar-refractivity contribution in [2.45, 2.75) is 32.2 Å². The van der Waals surface area contributed by atoms with E-state index in [-0.39, 0.29) is 0 Å². The van der Waals surface area contributed by atoms with E-state index in [1.807, 2.05) is 17.7 Å². The zero-order chi connectivity index (χ0) is 16.0. The standard InChI is InChI=1S/C17H15ClN4O/c1-2-22-17-12(8-20-22)15(11-5-6-19-14(18)7-11)13(9-23)16(21-17)10-3-4-10/h5-10H,2-4H2,1H3. The molecule has 116 valence electrons. The van der Waals surface area contributed by atoms with Gasteiger partial charge in [-0.1, -0.05) is 11.6 Å². The highest BCUT2D eigenvalue weighted by molar-refractivity contribution is 6.29. The normalized spacial score (nSPS) is 14.3. The third-order valence-electron chi connectivity index (χ3n) is 4.25. The van der Waals surface area contributed by atoms with Crippen LogP contribution in [-0.2, 0) is 6.54 Å². The number of halogens is 1. The van der Waals surface area contributed by atoms with Gasteiger partial charge in [0.1, 0.15) is 5.15 Å². The van der Waals surface area contributed by atoms with Gasteiger partial charge in [0.25, 0.3) is 0 Å². The van der Waals surface area contributed by atoms with E-state index in [2.05, 4.69) is 10.1 Å². The molecule has 3 heterocycles. The maximum Gasteiger partial charge on any atom is 0.158 e. The Balaban J connectivity index is 2.10. The number of carbonyl (C=O) groups excluding carboxylic acids is 1. The fraction of sp³-hybridized carbons (Fsp3) is 0.294. The molecular weight excluding hydrogens is 312 g/mol. The van der Waals surface area contributed by atoms with Gasteiger partial charge in [-0.3, -0.25) is 4.79 Å². The zero-order valence-electron chi connectivity index (χ0n) is 12.7. The molecule has 0 atom stereocenters. The summed E-state index contributed by atoms with van der Waals surface area (Å²) in [7, 11) is 0. The predicted molar refractivity (Wildman–Crippen MR) is 88.8 cm³/mol. The lowest BCUT2D eigenvalue weighted by molar-refractivity contribution is 0.112. The molecule has 0 amide bonds. The lowest BCUT2D eigenvalue weighted by atomic mass is 9.96. The van der Waals surface area contributed by atoms with Gasteiger partial charge >= 0.3 is 0 Å². The molecule has 1 aliphatic rings. The first-order chi connectivity index (χ1) is 11.2. The molecule has 1 saturated carbocycles. The summed E-state index contributed by atoms with van der Waals surface area (Å²) < 4.78 is 1.86. The number of carbonyl (C=O) groups is 1. The molecule has 23 heavy (non-hydrogen) atoms. The molecular formula is C17H15ClN4O. The van der Waals surface area contributed by atoms with Crippen molar-refractivity contribution >= 4 is 28.9 Å². The van der Waals surface area contributed by atoms with Gasteiger partial charge in [-0.2, -0.15) is 5.10 Å². The van der Waals surface area contributed by atoms with Gasteiger partial charge < -0.3 is 0 Å². The maximum absolute atomic E-state index is 11.8. The number of aldehydes is 1. The van der Waals surface area contributed by atoms with Crippen LogP contribution in [0.3, 0.4) is 0 Å². The largest absolute Gasteiger partial charge is 0.298 e. The molecule has 0 unspecified atom stereocenters. The fourth-order valence-corrected chi connectivity index (χ4v) is 3.18. The van der Waals surface area contributed by atoms with Gasteiger partial charge in [0.05, 0.1) is 11.9 Å². The van der Waals surface area contributed by atoms with Crippen molar-refractivity contribution in [3.8, 4) is 11.1 Å². The van der Waals surface area contributed by atoms with E-state index >= 15 is 0 Å². The lowest BCUT2D eigenvalue weighted by Gasteiger charge is -2.12. The van der Waals surface area contributed by atoms with E-state index < -0.39 is 0 Å². The molecule has 0 bridgehead atoms. The first-order valence-corrected chi connectivity index (χ1v) is 8.07. The second kappa shape index (κ2) is 5.42. The van der Waals surface area contributed by atoms with Crippen LogP contribution in [0.2, 0.25) is 5.15 Å². The van der Waals surface area contributed by atoms with Crippen LogP contribution >= 0.6 is 11.6 Å². The summed E-state index contributed by atoms with van der Waals surface area (Å²) in [6, 6.07) is 3.65. The van der Waals surface area contributed by atoms with E-state index in [4.69, 9.17) is 16.6 Å². The number of nitrogens with zero attached hydrogens (tertiary/aromatic N) is 4. The number of aryl methyl sites for hydroxylation is 1. The van der Waals surface area contributed by atoms with Crippen molar-refractivity contribution in [2.75, 3.05) is 0 Å². The Kier molecular flexibility index (Phi) is 3.38. The van der Waals surface area contributed by atoms with Crippen molar-refractivity contribution in [3.63, 3.8) is 0 Å². The molecule has 0 aromatic carbocycles. The Morgan fingerprint density at radius 3 is 2.91 bits per heavy atom. The first kappa shape index (κ1) is 14.3. The summed E-state index contributed by atoms with van der Waals surface area (Å²) >= 11 is 6.05. The van der Waals surface area contributed by atoms with Crippen LogP contribution in [0.5, 0.6) is 0 Å². The monoisotopic (exact) mass is 326 g/mol. The Hall–Kier alpha value is -2.27. The Bertz CT molecular complexity index is 914. The van der Waals surface area contributed by atoms with Crippen molar-refractivity contribution < 1.29 is 4.79 Å². The highest BCUT2D eigenvalue weighted by Crippen LogP contribution is 2.44. The minimum atomic E-state index is 0.371. The van der Waals surface area contributed by atoms with Gasteiger partial charge in [-0.15, -0.1) is 0 Å². The van der Waals surface area contributed by atoms with Crippen molar-refractivity contribution in [2.24, 2.45) is 0 Å². The molecule has 3 aromatic rings. The molecule has 0 spiro atoms. The van der Waals surface area contributed by atoms with Crippen LogP contribution in [0, 0.1) is 0 Å². The molecule has 0 aliphatic heterocycles. The van der Waals surface area contributed by atoms with Gasteiger partial charge in [-0.05, 0) is 37.5 Å². The minimum absolute atomic E-state index is 0.371. The Labute approximate surface area is 138 Å². The maximum atomic E-state index is 11.8. The zero-order valence-corrected chi connectivity index (χ0v) is 13.4. The summed E-state index contributed by atoms with van der Waals surface area (Å²) in [6.45, 7) is 2.76. The highest BCUT2D eigenvalue weighted by atomic mass is 35.5. The number of hydrogen-bond acceptors (Lipinski definition) is 4. The van der Waals surface area contributed by atoms with Crippen LogP contribution in [0.25, 0.3) is 22.2 Å². The van der Waals surface area contributed by atoms with Crippen LogP contribution in [0.15, 0.2) is 24.5 Å². The number of fused-ring (bicyclic) bond motifs is 1. The number of rotatable bonds is 4. The van der Waals surface area contributed by atoms with Crippen molar-refractivity contribution in [1.29, 1.82) is 0 Å². The van der Waals surface area contributed by atoms with Gasteiger partial charge in [-0.25, -0.2) is 14.6 Å².